The molecule has 352 valence electrons. The molecule has 4 aromatic carbocycles. The average Bonchev–Trinajstić information content (AvgIpc) is 4.01. The van der Waals surface area contributed by atoms with Gasteiger partial charge >= 0.3 is 0 Å². The van der Waals surface area contributed by atoms with E-state index in [1.807, 2.05) is 47.2 Å². The highest BCUT2D eigenvalue weighted by Crippen LogP contribution is 2.33. The molecule has 8 rings (SSSR count). The van der Waals surface area contributed by atoms with E-state index in [0.717, 1.165) is 44.3 Å². The molecule has 0 saturated carbocycles. The zero-order valence-electron chi connectivity index (χ0n) is 36.2. The molecule has 2 saturated heterocycles. The number of piperazine rings is 2. The van der Waals surface area contributed by atoms with Crippen LogP contribution in [0.1, 0.15) is 22.5 Å². The first-order chi connectivity index (χ1) is 31.6. The largest absolute Gasteiger partial charge is 0.497 e. The third-order valence-electron chi connectivity index (χ3n) is 10.8. The summed E-state index contributed by atoms with van der Waals surface area (Å²) in [5, 5.41) is 6.93. The van der Waals surface area contributed by atoms with E-state index in [2.05, 4.69) is 9.80 Å². The normalized spacial score (nSPS) is 15.0. The number of rotatable bonds is 14. The summed E-state index contributed by atoms with van der Waals surface area (Å²) in [5.74, 6) is 2.84. The van der Waals surface area contributed by atoms with Crippen LogP contribution in [0.15, 0.2) is 93.3 Å². The van der Waals surface area contributed by atoms with Gasteiger partial charge in [-0.05, 0) is 71.8 Å². The molecule has 2 aliphatic rings. The van der Waals surface area contributed by atoms with Crippen LogP contribution in [0.4, 0.5) is 10.3 Å². The van der Waals surface area contributed by atoms with Gasteiger partial charge in [-0.2, -0.15) is 8.61 Å². The molecule has 2 aliphatic heterocycles. The molecular weight excluding hydrogens is 1010 g/mol. The summed E-state index contributed by atoms with van der Waals surface area (Å²) in [4.78, 5) is 14.1. The van der Waals surface area contributed by atoms with E-state index < -0.39 is 20.0 Å². The smallest absolute Gasteiger partial charge is 0.243 e. The second kappa shape index (κ2) is 21.9. The van der Waals surface area contributed by atoms with Crippen molar-refractivity contribution in [1.29, 1.82) is 0 Å². The fraction of sp³-hybridized carbons (Fsp3) is 0.318. The molecule has 0 radical (unpaired) electrons. The lowest BCUT2D eigenvalue weighted by molar-refractivity contribution is 0.354. The minimum absolute atomic E-state index is 0.149. The average molecular weight is 1060 g/mol. The van der Waals surface area contributed by atoms with E-state index in [-0.39, 0.29) is 19.8 Å². The molecule has 2 fully saturated rings. The molecule has 0 spiro atoms. The van der Waals surface area contributed by atoms with Gasteiger partial charge in [0.25, 0.3) is 0 Å². The van der Waals surface area contributed by atoms with Gasteiger partial charge < -0.3 is 28.7 Å². The second-order valence-electron chi connectivity index (χ2n) is 14.9. The summed E-state index contributed by atoms with van der Waals surface area (Å²) in [7, 11) is -0.785. The zero-order valence-corrected chi connectivity index (χ0v) is 42.5. The summed E-state index contributed by atoms with van der Waals surface area (Å²) < 4.78 is 76.2. The molecule has 66 heavy (non-hydrogen) atoms. The Morgan fingerprint density at radius 3 is 1.35 bits per heavy atom. The Balaban J connectivity index is 0.000000196. The van der Waals surface area contributed by atoms with Gasteiger partial charge in [-0.3, -0.25) is 0 Å². The van der Waals surface area contributed by atoms with Gasteiger partial charge in [-0.1, -0.05) is 52.5 Å². The van der Waals surface area contributed by atoms with Gasteiger partial charge in [0, 0.05) is 82.0 Å². The lowest BCUT2D eigenvalue weighted by Crippen LogP contribution is -2.48. The number of benzene rings is 4. The van der Waals surface area contributed by atoms with Gasteiger partial charge in [-0.15, -0.1) is 22.7 Å². The molecule has 2 aromatic heterocycles. The molecule has 0 atom stereocenters. The number of thiazole rings is 2. The Morgan fingerprint density at radius 1 is 0.500 bits per heavy atom. The van der Waals surface area contributed by atoms with Crippen LogP contribution in [0.3, 0.4) is 0 Å². The Hall–Kier alpha value is -4.08. The Bertz CT molecular complexity index is 2850. The van der Waals surface area contributed by atoms with Crippen molar-refractivity contribution in [1.82, 2.24) is 18.6 Å². The van der Waals surface area contributed by atoms with Gasteiger partial charge in [0.2, 0.25) is 20.0 Å². The van der Waals surface area contributed by atoms with Gasteiger partial charge in [0.1, 0.15) is 11.5 Å². The maximum Gasteiger partial charge on any atom is 0.243 e. The third kappa shape index (κ3) is 11.8. The molecule has 0 bridgehead atoms. The zero-order chi connectivity index (χ0) is 47.2. The molecule has 4 heterocycles. The van der Waals surface area contributed by atoms with Crippen LogP contribution in [0.25, 0.3) is 0 Å². The highest BCUT2D eigenvalue weighted by molar-refractivity contribution is 7.89. The van der Waals surface area contributed by atoms with Crippen molar-refractivity contribution in [3.05, 3.63) is 126 Å². The third-order valence-corrected chi connectivity index (χ3v) is 18.0. The Kier molecular flexibility index (Phi) is 16.5. The topological polar surface area (TPSA) is 144 Å². The van der Waals surface area contributed by atoms with Crippen molar-refractivity contribution in [2.45, 2.75) is 22.6 Å². The number of anilines is 2. The summed E-state index contributed by atoms with van der Waals surface area (Å²) in [5.41, 5.74) is 4.01. The van der Waals surface area contributed by atoms with Crippen LogP contribution < -0.4 is 28.7 Å². The van der Waals surface area contributed by atoms with Crippen molar-refractivity contribution < 1.29 is 35.8 Å². The number of hydrogen-bond acceptors (Lipinski definition) is 14. The molecule has 0 unspecified atom stereocenters. The second-order valence-corrected chi connectivity index (χ2v) is 22.1. The van der Waals surface area contributed by atoms with Crippen molar-refractivity contribution in [3.8, 4) is 23.0 Å². The lowest BCUT2D eigenvalue weighted by atomic mass is 10.1. The van der Waals surface area contributed by atoms with Crippen LogP contribution in [0.5, 0.6) is 23.0 Å². The first-order valence-corrected chi connectivity index (χ1v) is 26.5. The molecule has 0 amide bonds. The standard InChI is InChI=1S/2C22H23Cl2N3O4S2/c1-30-20-6-3-15(12-21(20)31-2)11-16-14-32-22(25-16)26-7-9-27(10-8-26)33(28,29)17-4-5-18(23)19(24)13-17;1-30-17-10-15(11-18(12-17)31-2)9-16-14-32-22(25-16)26-5-7-27(8-6-26)33(28,29)19-3-4-20(23)21(24)13-19/h3-6,12-14H,7-11H2,1-2H3;3-4,10-14H,5-9H2,1-2H3. The van der Waals surface area contributed by atoms with Crippen molar-refractivity contribution in [2.24, 2.45) is 0 Å². The fourth-order valence-electron chi connectivity index (χ4n) is 7.23. The van der Waals surface area contributed by atoms with E-state index in [1.165, 1.54) is 45.0 Å². The van der Waals surface area contributed by atoms with Crippen LogP contribution in [0, 0.1) is 0 Å². The summed E-state index contributed by atoms with van der Waals surface area (Å²) in [6, 6.07) is 20.4. The summed E-state index contributed by atoms with van der Waals surface area (Å²) in [6.45, 7) is 3.70. The van der Waals surface area contributed by atoms with Crippen LogP contribution in [-0.2, 0) is 32.9 Å². The first-order valence-electron chi connectivity index (χ1n) is 20.3. The molecular formula is C44H46Cl4N6O8S4. The Labute approximate surface area is 413 Å². The summed E-state index contributed by atoms with van der Waals surface area (Å²) >= 11 is 27.0. The minimum Gasteiger partial charge on any atom is -0.497 e. The molecule has 14 nitrogen and oxygen atoms in total. The van der Waals surface area contributed by atoms with E-state index >= 15 is 0 Å². The SMILES string of the molecule is COc1cc(Cc2csc(N3CCN(S(=O)(=O)c4ccc(Cl)c(Cl)c4)CC3)n2)cc(OC)c1.COc1ccc(Cc2csc(N3CCN(S(=O)(=O)c4ccc(Cl)c(Cl)c4)CC3)n2)cc1OC. The quantitative estimate of drug-likeness (QED) is 0.103. The first kappa shape index (κ1) is 49.8. The highest BCUT2D eigenvalue weighted by Gasteiger charge is 2.31. The number of halogens is 4. The van der Waals surface area contributed by atoms with Crippen LogP contribution in [0.2, 0.25) is 20.1 Å². The van der Waals surface area contributed by atoms with Crippen molar-refractivity contribution >= 4 is 99.4 Å². The number of hydrogen-bond donors (Lipinski definition) is 0. The molecule has 6 aromatic rings. The number of aromatic nitrogens is 2. The maximum atomic E-state index is 13.0. The monoisotopic (exact) mass is 1050 g/mol. The van der Waals surface area contributed by atoms with Gasteiger partial charge in [-0.25, -0.2) is 26.8 Å². The number of sulfonamides is 2. The van der Waals surface area contributed by atoms with E-state index in [0.29, 0.717) is 86.7 Å². The molecule has 0 N–H and O–H groups in total. The van der Waals surface area contributed by atoms with E-state index in [9.17, 15) is 16.8 Å². The van der Waals surface area contributed by atoms with Crippen molar-refractivity contribution in [2.75, 3.05) is 90.6 Å². The predicted molar refractivity (Wildman–Crippen MR) is 264 cm³/mol. The van der Waals surface area contributed by atoms with Gasteiger partial charge in [0.15, 0.2) is 21.8 Å². The number of methoxy groups -OCH3 is 4. The maximum absolute atomic E-state index is 13.0. The lowest BCUT2D eigenvalue weighted by Gasteiger charge is -2.33. The van der Waals surface area contributed by atoms with Crippen molar-refractivity contribution in [3.63, 3.8) is 0 Å². The Morgan fingerprint density at radius 2 is 0.939 bits per heavy atom. The fourth-order valence-corrected chi connectivity index (χ4v) is 12.6. The predicted octanol–water partition coefficient (Wildman–Crippen LogP) is 9.14. The van der Waals surface area contributed by atoms with Crippen LogP contribution in [-0.4, -0.2) is 116 Å². The molecule has 22 heteroatoms. The number of ether oxygens (including phenoxy) is 4. The minimum atomic E-state index is -3.63. The van der Waals surface area contributed by atoms with Gasteiger partial charge in [0.05, 0.1) is 69.7 Å². The van der Waals surface area contributed by atoms with Crippen LogP contribution >= 0.6 is 69.1 Å². The summed E-state index contributed by atoms with van der Waals surface area (Å²) in [6.07, 6.45) is 1.32. The van der Waals surface area contributed by atoms with E-state index in [4.69, 9.17) is 75.3 Å². The molecule has 0 aliphatic carbocycles. The highest BCUT2D eigenvalue weighted by atomic mass is 35.5. The van der Waals surface area contributed by atoms with E-state index in [1.54, 1.807) is 51.1 Å². The number of nitrogens with zero attached hydrogens (tertiary/aromatic N) is 6.